The van der Waals surface area contributed by atoms with Gasteiger partial charge >= 0.3 is 0 Å². The maximum absolute atomic E-state index is 12.5. The fraction of sp³-hybridized carbons (Fsp3) is 0.600. The zero-order valence-corrected chi connectivity index (χ0v) is 20.5. The van der Waals surface area contributed by atoms with E-state index in [2.05, 4.69) is 22.2 Å². The highest BCUT2D eigenvalue weighted by atomic mass is 16.5. The second-order valence-electron chi connectivity index (χ2n) is 10.3. The summed E-state index contributed by atoms with van der Waals surface area (Å²) in [4.78, 5) is 31.0. The van der Waals surface area contributed by atoms with Gasteiger partial charge in [-0.25, -0.2) is 9.97 Å². The fourth-order valence-corrected chi connectivity index (χ4v) is 4.60. The monoisotopic (exact) mass is 452 g/mol. The SMILES string of the molecule is CN(CC(=O)NC(C)(C)C)c1nc(-c2cc(OC[C@@H]3CCCN3C)ccn2)nc2c1CCC2. The summed E-state index contributed by atoms with van der Waals surface area (Å²) in [6.07, 6.45) is 7.04. The minimum absolute atomic E-state index is 0.0256. The van der Waals surface area contributed by atoms with Crippen molar-refractivity contribution in [1.29, 1.82) is 0 Å². The third kappa shape index (κ3) is 5.79. The molecule has 0 bridgehead atoms. The van der Waals surface area contributed by atoms with Crippen LogP contribution >= 0.6 is 0 Å². The Kier molecular flexibility index (Phi) is 6.83. The summed E-state index contributed by atoms with van der Waals surface area (Å²) >= 11 is 0. The minimum atomic E-state index is -0.269. The van der Waals surface area contributed by atoms with Crippen LogP contribution in [0.2, 0.25) is 0 Å². The summed E-state index contributed by atoms with van der Waals surface area (Å²) < 4.78 is 6.09. The molecule has 3 heterocycles. The zero-order chi connectivity index (χ0) is 23.6. The van der Waals surface area contributed by atoms with Crippen LogP contribution in [0.5, 0.6) is 5.75 Å². The number of aryl methyl sites for hydroxylation is 1. The zero-order valence-electron chi connectivity index (χ0n) is 20.5. The number of nitrogens with zero attached hydrogens (tertiary/aromatic N) is 5. The molecule has 0 aromatic carbocycles. The molecular weight excluding hydrogens is 416 g/mol. The fourth-order valence-electron chi connectivity index (χ4n) is 4.60. The molecule has 8 nitrogen and oxygen atoms in total. The van der Waals surface area contributed by atoms with E-state index >= 15 is 0 Å². The topological polar surface area (TPSA) is 83.5 Å². The van der Waals surface area contributed by atoms with Gasteiger partial charge < -0.3 is 19.9 Å². The second kappa shape index (κ2) is 9.63. The lowest BCUT2D eigenvalue weighted by atomic mass is 10.1. The number of anilines is 1. The lowest BCUT2D eigenvalue weighted by Crippen LogP contribution is -2.45. The van der Waals surface area contributed by atoms with Gasteiger partial charge in [-0.05, 0) is 72.5 Å². The van der Waals surface area contributed by atoms with Gasteiger partial charge in [-0.3, -0.25) is 9.78 Å². The molecule has 33 heavy (non-hydrogen) atoms. The average Bonchev–Trinajstić information content (AvgIpc) is 3.38. The van der Waals surface area contributed by atoms with Crippen molar-refractivity contribution in [2.45, 2.75) is 64.5 Å². The van der Waals surface area contributed by atoms with E-state index < -0.39 is 0 Å². The second-order valence-corrected chi connectivity index (χ2v) is 10.3. The Labute approximate surface area is 196 Å². The molecule has 2 aromatic heterocycles. The van der Waals surface area contributed by atoms with Gasteiger partial charge in [-0.1, -0.05) is 0 Å². The van der Waals surface area contributed by atoms with Crippen LogP contribution in [0.25, 0.3) is 11.5 Å². The maximum atomic E-state index is 12.5. The van der Waals surface area contributed by atoms with Crippen molar-refractivity contribution >= 4 is 11.7 Å². The Bertz CT molecular complexity index is 1000. The normalized spacial score (nSPS) is 18.3. The highest BCUT2D eigenvalue weighted by molar-refractivity contribution is 5.82. The van der Waals surface area contributed by atoms with Gasteiger partial charge in [-0.2, -0.15) is 0 Å². The molecule has 1 amide bonds. The standard InChI is InChI=1S/C25H36N6O2/c1-25(2,3)29-22(32)15-31(5)24-19-9-6-10-20(19)27-23(28-24)21-14-18(11-12-26-21)33-16-17-8-7-13-30(17)4/h11-12,14,17H,6-10,13,15-16H2,1-5H3,(H,29,32)/t17-/m0/s1. The molecule has 0 saturated carbocycles. The third-order valence-corrected chi connectivity index (χ3v) is 6.24. The molecule has 8 heteroatoms. The number of likely N-dealkylation sites (tertiary alicyclic amines) is 1. The lowest BCUT2D eigenvalue weighted by molar-refractivity contribution is -0.121. The van der Waals surface area contributed by atoms with E-state index in [0.717, 1.165) is 48.6 Å². The van der Waals surface area contributed by atoms with Gasteiger partial charge in [0, 0.05) is 42.1 Å². The van der Waals surface area contributed by atoms with E-state index in [1.165, 1.54) is 12.8 Å². The highest BCUT2D eigenvalue weighted by Gasteiger charge is 2.25. The Morgan fingerprint density at radius 2 is 2.09 bits per heavy atom. The number of ether oxygens (including phenoxy) is 1. The third-order valence-electron chi connectivity index (χ3n) is 6.24. The maximum Gasteiger partial charge on any atom is 0.239 e. The summed E-state index contributed by atoms with van der Waals surface area (Å²) in [5.41, 5.74) is 2.62. The molecule has 1 atom stereocenters. The van der Waals surface area contributed by atoms with Crippen LogP contribution in [0.4, 0.5) is 5.82 Å². The van der Waals surface area contributed by atoms with Gasteiger partial charge in [-0.15, -0.1) is 0 Å². The van der Waals surface area contributed by atoms with Gasteiger partial charge in [0.25, 0.3) is 0 Å². The first-order chi connectivity index (χ1) is 15.7. The minimum Gasteiger partial charge on any atom is -0.492 e. The van der Waals surface area contributed by atoms with Gasteiger partial charge in [0.15, 0.2) is 5.82 Å². The van der Waals surface area contributed by atoms with Crippen LogP contribution in [0, 0.1) is 0 Å². The van der Waals surface area contributed by atoms with E-state index in [-0.39, 0.29) is 18.0 Å². The van der Waals surface area contributed by atoms with Crippen LogP contribution in [-0.2, 0) is 17.6 Å². The molecule has 0 unspecified atom stereocenters. The molecule has 1 aliphatic carbocycles. The van der Waals surface area contributed by atoms with E-state index in [4.69, 9.17) is 14.7 Å². The molecule has 0 radical (unpaired) electrons. The number of amides is 1. The Balaban J connectivity index is 1.54. The van der Waals surface area contributed by atoms with E-state index in [9.17, 15) is 4.79 Å². The highest BCUT2D eigenvalue weighted by Crippen LogP contribution is 2.31. The number of pyridine rings is 1. The Hall–Kier alpha value is -2.74. The van der Waals surface area contributed by atoms with Crippen molar-refractivity contribution in [3.8, 4) is 17.3 Å². The molecule has 1 N–H and O–H groups in total. The molecule has 178 valence electrons. The van der Waals surface area contributed by atoms with E-state index in [1.54, 1.807) is 6.20 Å². The number of fused-ring (bicyclic) bond motifs is 1. The largest absolute Gasteiger partial charge is 0.492 e. The number of likely N-dealkylation sites (N-methyl/N-ethyl adjacent to an activating group) is 2. The number of carbonyl (C=O) groups excluding carboxylic acids is 1. The summed E-state index contributed by atoms with van der Waals surface area (Å²) in [6.45, 7) is 7.99. The van der Waals surface area contributed by atoms with Crippen molar-refractivity contribution in [3.63, 3.8) is 0 Å². The Morgan fingerprint density at radius 3 is 2.82 bits per heavy atom. The van der Waals surface area contributed by atoms with Crippen molar-refractivity contribution in [3.05, 3.63) is 29.6 Å². The predicted octanol–water partition coefficient (Wildman–Crippen LogP) is 2.85. The van der Waals surface area contributed by atoms with E-state index in [0.29, 0.717) is 24.2 Å². The van der Waals surface area contributed by atoms with Gasteiger partial charge in [0.05, 0.1) is 6.54 Å². The molecule has 1 aliphatic heterocycles. The van der Waals surface area contributed by atoms with Crippen LogP contribution in [0.1, 0.15) is 51.3 Å². The first-order valence-corrected chi connectivity index (χ1v) is 11.9. The predicted molar refractivity (Wildman–Crippen MR) is 130 cm³/mol. The number of carbonyl (C=O) groups is 1. The lowest BCUT2D eigenvalue weighted by Gasteiger charge is -2.25. The molecule has 4 rings (SSSR count). The number of hydrogen-bond acceptors (Lipinski definition) is 7. The molecule has 0 spiro atoms. The summed E-state index contributed by atoms with van der Waals surface area (Å²) in [5, 5.41) is 3.03. The number of aromatic nitrogens is 3. The van der Waals surface area contributed by atoms with Gasteiger partial charge in [0.1, 0.15) is 23.9 Å². The Morgan fingerprint density at radius 1 is 1.27 bits per heavy atom. The number of nitrogens with one attached hydrogen (secondary N) is 1. The summed E-state index contributed by atoms with van der Waals surface area (Å²) in [5.74, 6) is 2.15. The smallest absolute Gasteiger partial charge is 0.239 e. The summed E-state index contributed by atoms with van der Waals surface area (Å²) in [7, 11) is 4.06. The van der Waals surface area contributed by atoms with Crippen molar-refractivity contribution in [2.75, 3.05) is 38.7 Å². The number of rotatable bonds is 7. The molecule has 1 fully saturated rings. The first kappa shape index (κ1) is 23.4. The number of hydrogen-bond donors (Lipinski definition) is 1. The molecule has 2 aromatic rings. The van der Waals surface area contributed by atoms with Crippen molar-refractivity contribution < 1.29 is 9.53 Å². The first-order valence-electron chi connectivity index (χ1n) is 11.9. The van der Waals surface area contributed by atoms with Gasteiger partial charge in [0.2, 0.25) is 5.91 Å². The van der Waals surface area contributed by atoms with Crippen LogP contribution in [-0.4, -0.2) is 71.1 Å². The molecular formula is C25H36N6O2. The molecule has 1 saturated heterocycles. The summed E-state index contributed by atoms with van der Waals surface area (Å²) in [6, 6.07) is 4.26. The average molecular weight is 453 g/mol. The quantitative estimate of drug-likeness (QED) is 0.692. The van der Waals surface area contributed by atoms with Crippen molar-refractivity contribution in [2.24, 2.45) is 0 Å². The van der Waals surface area contributed by atoms with Crippen LogP contribution in [0.3, 0.4) is 0 Å². The van der Waals surface area contributed by atoms with Crippen LogP contribution < -0.4 is 15.0 Å². The van der Waals surface area contributed by atoms with Crippen LogP contribution in [0.15, 0.2) is 18.3 Å². The van der Waals surface area contributed by atoms with E-state index in [1.807, 2.05) is 44.9 Å². The molecule has 2 aliphatic rings. The van der Waals surface area contributed by atoms with Crippen molar-refractivity contribution in [1.82, 2.24) is 25.2 Å².